The predicted molar refractivity (Wildman–Crippen MR) is 90.5 cm³/mol. The molecule has 1 amide bonds. The van der Waals surface area contributed by atoms with Crippen molar-refractivity contribution in [1.82, 2.24) is 19.6 Å². The Balaban J connectivity index is 1.70. The van der Waals surface area contributed by atoms with Crippen LogP contribution in [0.4, 0.5) is 5.69 Å². The van der Waals surface area contributed by atoms with Gasteiger partial charge in [-0.2, -0.15) is 10.2 Å². The van der Waals surface area contributed by atoms with Gasteiger partial charge in [0, 0.05) is 13.2 Å². The summed E-state index contributed by atoms with van der Waals surface area (Å²) in [5.74, 6) is 0.458. The number of aromatic nitrogens is 4. The molecule has 0 aliphatic heterocycles. The summed E-state index contributed by atoms with van der Waals surface area (Å²) in [7, 11) is 3.29. The summed E-state index contributed by atoms with van der Waals surface area (Å²) < 4.78 is 8.37. The van der Waals surface area contributed by atoms with E-state index in [1.165, 1.54) is 10.9 Å². The van der Waals surface area contributed by atoms with Gasteiger partial charge in [-0.25, -0.2) is 0 Å². The smallest absolute Gasteiger partial charge is 0.275 e. The summed E-state index contributed by atoms with van der Waals surface area (Å²) in [4.78, 5) is 12.3. The molecule has 0 bridgehead atoms. The highest BCUT2D eigenvalue weighted by atomic mass is 35.5. The van der Waals surface area contributed by atoms with Crippen LogP contribution in [0.1, 0.15) is 16.1 Å². The van der Waals surface area contributed by atoms with E-state index in [0.29, 0.717) is 22.9 Å². The lowest BCUT2D eigenvalue weighted by Crippen LogP contribution is -2.16. The fourth-order valence-electron chi connectivity index (χ4n) is 2.33. The normalized spacial score (nSPS) is 10.6. The zero-order valence-electron chi connectivity index (χ0n) is 13.2. The van der Waals surface area contributed by atoms with E-state index in [1.54, 1.807) is 31.2 Å². The molecule has 2 heterocycles. The number of hydrogen-bond donors (Lipinski definition) is 1. The summed E-state index contributed by atoms with van der Waals surface area (Å²) in [6.45, 7) is 0.569. The molecule has 0 saturated carbocycles. The summed E-state index contributed by atoms with van der Waals surface area (Å²) in [6.07, 6.45) is 4.77. The highest BCUT2D eigenvalue weighted by Crippen LogP contribution is 2.17. The van der Waals surface area contributed by atoms with E-state index in [-0.39, 0.29) is 5.91 Å². The minimum absolute atomic E-state index is 0.303. The number of nitrogens with one attached hydrogen (secondary N) is 1. The van der Waals surface area contributed by atoms with Crippen LogP contribution in [0, 0.1) is 0 Å². The zero-order chi connectivity index (χ0) is 17.1. The van der Waals surface area contributed by atoms with Crippen molar-refractivity contribution in [2.24, 2.45) is 7.05 Å². The maximum atomic E-state index is 12.3. The molecule has 0 unspecified atom stereocenters. The fraction of sp³-hybridized carbons (Fsp3) is 0.188. The second-order valence-electron chi connectivity index (χ2n) is 5.20. The molecule has 1 N–H and O–H groups in total. The van der Waals surface area contributed by atoms with Crippen molar-refractivity contribution in [1.29, 1.82) is 0 Å². The number of carbonyl (C=O) groups excluding carboxylic acids is 1. The SMILES string of the molecule is COc1cccc(Cn2cc(NC(=O)c3c(Cl)cnn3C)cn2)c1. The molecule has 2 aromatic heterocycles. The highest BCUT2D eigenvalue weighted by molar-refractivity contribution is 6.34. The number of anilines is 1. The molecule has 3 rings (SSSR count). The van der Waals surface area contributed by atoms with Crippen molar-refractivity contribution in [3.63, 3.8) is 0 Å². The second kappa shape index (κ2) is 6.76. The van der Waals surface area contributed by atoms with Crippen LogP contribution in [0.3, 0.4) is 0 Å². The quantitative estimate of drug-likeness (QED) is 0.771. The Morgan fingerprint density at radius 2 is 2.17 bits per heavy atom. The average molecular weight is 346 g/mol. The van der Waals surface area contributed by atoms with E-state index in [4.69, 9.17) is 16.3 Å². The molecule has 0 spiro atoms. The van der Waals surface area contributed by atoms with Gasteiger partial charge >= 0.3 is 0 Å². The van der Waals surface area contributed by atoms with Crippen molar-refractivity contribution in [3.8, 4) is 5.75 Å². The van der Waals surface area contributed by atoms with Crippen LogP contribution in [0.2, 0.25) is 5.02 Å². The number of halogens is 1. The predicted octanol–water partition coefficient (Wildman–Crippen LogP) is 2.58. The number of ether oxygens (including phenoxy) is 1. The molecule has 0 atom stereocenters. The fourth-order valence-corrected chi connectivity index (χ4v) is 2.58. The van der Waals surface area contributed by atoms with Gasteiger partial charge in [0.05, 0.1) is 36.8 Å². The zero-order valence-corrected chi connectivity index (χ0v) is 14.0. The first-order chi connectivity index (χ1) is 11.6. The molecule has 0 radical (unpaired) electrons. The molecule has 0 aliphatic rings. The molecule has 1 aromatic carbocycles. The van der Waals surface area contributed by atoms with Crippen LogP contribution in [0.5, 0.6) is 5.75 Å². The third kappa shape index (κ3) is 3.41. The largest absolute Gasteiger partial charge is 0.497 e. The van der Waals surface area contributed by atoms with E-state index in [1.807, 2.05) is 24.3 Å². The van der Waals surface area contributed by atoms with E-state index in [2.05, 4.69) is 15.5 Å². The minimum atomic E-state index is -0.332. The summed E-state index contributed by atoms with van der Waals surface area (Å²) in [5, 5.41) is 11.3. The Morgan fingerprint density at radius 3 is 2.88 bits per heavy atom. The van der Waals surface area contributed by atoms with Crippen LogP contribution in [-0.4, -0.2) is 32.6 Å². The van der Waals surface area contributed by atoms with Gasteiger partial charge in [-0.15, -0.1) is 0 Å². The van der Waals surface area contributed by atoms with E-state index < -0.39 is 0 Å². The molecule has 0 saturated heterocycles. The molecule has 124 valence electrons. The lowest BCUT2D eigenvalue weighted by Gasteiger charge is -2.05. The molecule has 0 aliphatic carbocycles. The molecular formula is C16H16ClN5O2. The maximum absolute atomic E-state index is 12.3. The first kappa shape index (κ1) is 16.1. The van der Waals surface area contributed by atoms with Crippen LogP contribution in [0.25, 0.3) is 0 Å². The molecule has 24 heavy (non-hydrogen) atoms. The number of benzene rings is 1. The van der Waals surface area contributed by atoms with Gasteiger partial charge in [0.25, 0.3) is 5.91 Å². The molecular weight excluding hydrogens is 330 g/mol. The Kier molecular flexibility index (Phi) is 4.52. The van der Waals surface area contributed by atoms with Crippen molar-refractivity contribution in [3.05, 3.63) is 59.1 Å². The summed E-state index contributed by atoms with van der Waals surface area (Å²) in [6, 6.07) is 7.73. The summed E-state index contributed by atoms with van der Waals surface area (Å²) >= 11 is 5.97. The third-order valence-corrected chi connectivity index (χ3v) is 3.76. The van der Waals surface area contributed by atoms with Crippen LogP contribution >= 0.6 is 11.6 Å². The van der Waals surface area contributed by atoms with Crippen LogP contribution < -0.4 is 10.1 Å². The number of nitrogens with zero attached hydrogens (tertiary/aromatic N) is 4. The topological polar surface area (TPSA) is 74.0 Å². The van der Waals surface area contributed by atoms with Gasteiger partial charge < -0.3 is 10.1 Å². The first-order valence-electron chi connectivity index (χ1n) is 7.21. The molecule has 7 nitrogen and oxygen atoms in total. The van der Waals surface area contributed by atoms with Gasteiger partial charge in [-0.1, -0.05) is 23.7 Å². The maximum Gasteiger partial charge on any atom is 0.275 e. The molecule has 0 fully saturated rings. The van der Waals surface area contributed by atoms with E-state index >= 15 is 0 Å². The Hall–Kier alpha value is -2.80. The lowest BCUT2D eigenvalue weighted by molar-refractivity contribution is 0.101. The van der Waals surface area contributed by atoms with Gasteiger partial charge in [-0.05, 0) is 17.7 Å². The van der Waals surface area contributed by atoms with Crippen LogP contribution in [0.15, 0.2) is 42.9 Å². The van der Waals surface area contributed by atoms with Gasteiger partial charge in [0.15, 0.2) is 0 Å². The highest BCUT2D eigenvalue weighted by Gasteiger charge is 2.16. The molecule has 3 aromatic rings. The van der Waals surface area contributed by atoms with E-state index in [9.17, 15) is 4.79 Å². The first-order valence-corrected chi connectivity index (χ1v) is 7.59. The van der Waals surface area contributed by atoms with Crippen molar-refractivity contribution < 1.29 is 9.53 Å². The van der Waals surface area contributed by atoms with Gasteiger partial charge in [-0.3, -0.25) is 14.2 Å². The van der Waals surface area contributed by atoms with Gasteiger partial charge in [0.1, 0.15) is 11.4 Å². The third-order valence-electron chi connectivity index (χ3n) is 3.48. The van der Waals surface area contributed by atoms with Gasteiger partial charge in [0.2, 0.25) is 0 Å². The minimum Gasteiger partial charge on any atom is -0.497 e. The Labute approximate surface area is 143 Å². The monoisotopic (exact) mass is 345 g/mol. The molecule has 8 heteroatoms. The summed E-state index contributed by atoms with van der Waals surface area (Å²) in [5.41, 5.74) is 1.93. The number of rotatable bonds is 5. The number of hydrogen-bond acceptors (Lipinski definition) is 4. The number of amides is 1. The van der Waals surface area contributed by atoms with Crippen molar-refractivity contribution >= 4 is 23.2 Å². The average Bonchev–Trinajstić information content (AvgIpc) is 3.13. The number of methoxy groups -OCH3 is 1. The van der Waals surface area contributed by atoms with Crippen LogP contribution in [-0.2, 0) is 13.6 Å². The van der Waals surface area contributed by atoms with Crippen molar-refractivity contribution in [2.45, 2.75) is 6.54 Å². The second-order valence-corrected chi connectivity index (χ2v) is 5.60. The van der Waals surface area contributed by atoms with Crippen molar-refractivity contribution in [2.75, 3.05) is 12.4 Å². The standard InChI is InChI=1S/C16H16ClN5O2/c1-21-15(14(17)8-18-21)16(23)20-12-7-19-22(10-12)9-11-4-3-5-13(6-11)24-2/h3-8,10H,9H2,1-2H3,(H,20,23). The van der Waals surface area contributed by atoms with E-state index in [0.717, 1.165) is 11.3 Å². The lowest BCUT2D eigenvalue weighted by atomic mass is 10.2. The number of carbonyl (C=O) groups is 1. The Bertz CT molecular complexity index is 851. The number of aryl methyl sites for hydroxylation is 1. The Morgan fingerprint density at radius 1 is 1.33 bits per heavy atom.